The maximum Gasteiger partial charge on any atom is 0.154 e. The minimum absolute atomic E-state index is 0.0728. The monoisotopic (exact) mass is 1050 g/mol. The number of thiophene rings is 1. The molecule has 0 N–H and O–H groups in total. The lowest BCUT2D eigenvalue weighted by atomic mass is 9.77. The molecule has 0 fully saturated rings. The highest BCUT2D eigenvalue weighted by molar-refractivity contribution is 7.26. The molecule has 0 bridgehead atoms. The van der Waals surface area contributed by atoms with E-state index in [-0.39, 0.29) is 27.6 Å². The van der Waals surface area contributed by atoms with Crippen LogP contribution in [0.5, 0.6) is 0 Å². The average Bonchev–Trinajstić information content (AvgIpc) is 4.39. The Kier molecular flexibility index (Phi) is 9.94. The summed E-state index contributed by atoms with van der Waals surface area (Å²) in [5.74, 6) is 0.206. The largest absolute Gasteiger partial charge is 0.454 e. The molecule has 10 aromatic carbocycles. The maximum atomic E-state index is 7.01. The summed E-state index contributed by atoms with van der Waals surface area (Å²) >= 11 is 1.85. The van der Waals surface area contributed by atoms with E-state index in [9.17, 15) is 0 Å². The fourth-order valence-electron chi connectivity index (χ4n) is 15.4. The average molecular weight is 1050 g/mol. The van der Waals surface area contributed by atoms with Crippen LogP contribution in [-0.2, 0) is 28.1 Å². The molecule has 0 atom stereocenters. The van der Waals surface area contributed by atoms with Crippen molar-refractivity contribution >= 4 is 59.7 Å². The number of nitrogens with zero attached hydrogens (tertiary/aromatic N) is 1. The lowest BCUT2D eigenvalue weighted by Crippen LogP contribution is -2.18. The minimum Gasteiger partial charge on any atom is -0.454 e. The van der Waals surface area contributed by atoms with E-state index in [1.165, 1.54) is 120 Å². The molecule has 0 spiro atoms. The second-order valence-corrected chi connectivity index (χ2v) is 26.6. The van der Waals surface area contributed by atoms with E-state index >= 15 is 0 Å². The summed E-state index contributed by atoms with van der Waals surface area (Å²) in [7, 11) is 0. The summed E-state index contributed by atoms with van der Waals surface area (Å²) in [4.78, 5) is 2.49. The second-order valence-electron chi connectivity index (χ2n) is 25.6. The predicted molar refractivity (Wildman–Crippen MR) is 337 cm³/mol. The van der Waals surface area contributed by atoms with Gasteiger partial charge < -0.3 is 9.32 Å². The lowest BCUT2D eigenvalue weighted by Gasteiger charge is -2.29. The molecule has 0 saturated heterocycles. The maximum absolute atomic E-state index is 7.01. The van der Waals surface area contributed by atoms with Gasteiger partial charge in [0.2, 0.25) is 0 Å². The first-order valence-corrected chi connectivity index (χ1v) is 29.6. The quantitative estimate of drug-likeness (QED) is 0.151. The molecule has 3 heteroatoms. The number of hydrogen-bond acceptors (Lipinski definition) is 3. The Bertz CT molecular complexity index is 4410. The van der Waals surface area contributed by atoms with Gasteiger partial charge in [0, 0.05) is 60.1 Å². The normalized spacial score (nSPS) is 15.9. The first-order valence-electron chi connectivity index (χ1n) is 28.8. The Hall–Kier alpha value is -8.24. The molecule has 2 aromatic heterocycles. The molecule has 0 unspecified atom stereocenters. The van der Waals surface area contributed by atoms with Crippen LogP contribution in [0.1, 0.15) is 129 Å². The molecule has 2 heterocycles. The molecule has 4 aliphatic rings. The molecule has 388 valence electrons. The van der Waals surface area contributed by atoms with Gasteiger partial charge in [0.05, 0.1) is 4.70 Å². The van der Waals surface area contributed by atoms with Crippen LogP contribution in [-0.4, -0.2) is 0 Å². The Morgan fingerprint density at radius 1 is 0.375 bits per heavy atom. The molecule has 80 heavy (non-hydrogen) atoms. The Morgan fingerprint density at radius 3 is 1.24 bits per heavy atom. The molecule has 4 aliphatic carbocycles. The van der Waals surface area contributed by atoms with Crippen molar-refractivity contribution in [2.45, 2.75) is 95.8 Å². The number of rotatable bonds is 8. The predicted octanol–water partition coefficient (Wildman–Crippen LogP) is 21.3. The van der Waals surface area contributed by atoms with E-state index in [0.29, 0.717) is 0 Å². The Morgan fingerprint density at radius 2 is 0.762 bits per heavy atom. The van der Waals surface area contributed by atoms with Crippen LogP contribution in [0.25, 0.3) is 75.8 Å². The molecular formula is C77H63NOS. The molecule has 0 radical (unpaired) electrons. The van der Waals surface area contributed by atoms with Crippen molar-refractivity contribution in [3.05, 3.63) is 267 Å². The third-order valence-corrected chi connectivity index (χ3v) is 20.9. The second kappa shape index (κ2) is 16.7. The fraction of sp³-hybridized carbons (Fsp3) is 0.195. The van der Waals surface area contributed by atoms with Gasteiger partial charge >= 0.3 is 0 Å². The summed E-state index contributed by atoms with van der Waals surface area (Å²) in [6.07, 6.45) is 1.90. The van der Waals surface area contributed by atoms with Crippen molar-refractivity contribution in [1.82, 2.24) is 0 Å². The van der Waals surface area contributed by atoms with Crippen molar-refractivity contribution in [2.24, 2.45) is 0 Å². The topological polar surface area (TPSA) is 16.4 Å². The first-order chi connectivity index (χ1) is 38.7. The lowest BCUT2D eigenvalue weighted by molar-refractivity contribution is 0.649. The van der Waals surface area contributed by atoms with Crippen molar-refractivity contribution < 1.29 is 4.42 Å². The summed E-state index contributed by atoms with van der Waals surface area (Å²) in [6.45, 7) is 19.1. The molecule has 16 rings (SSSR count). The van der Waals surface area contributed by atoms with E-state index < -0.39 is 0 Å². The van der Waals surface area contributed by atoms with Gasteiger partial charge in [0.25, 0.3) is 0 Å². The van der Waals surface area contributed by atoms with Gasteiger partial charge in [0.1, 0.15) is 5.58 Å². The zero-order chi connectivity index (χ0) is 54.2. The number of anilines is 3. The molecule has 0 amide bonds. The van der Waals surface area contributed by atoms with Gasteiger partial charge in [-0.3, -0.25) is 0 Å². The molecule has 0 saturated carbocycles. The van der Waals surface area contributed by atoms with Crippen LogP contribution in [0.4, 0.5) is 17.1 Å². The van der Waals surface area contributed by atoms with Gasteiger partial charge in [-0.15, -0.1) is 11.3 Å². The number of furan rings is 1. The standard InChI is InChI=1S/C77H63NOS/c1-74(2)62-21-13-9-17-52(62)56-34-27-46(40-66(56)74)51(47-28-35-57-53-18-10-14-22-63(53)75(3,4)67(57)41-47)32-25-45-26-33-60-70(39-45)79-72-61-38-31-50(44-71(61)80-73(60)72)78(48-29-36-58-54-19-11-15-23-64(54)76(5,6)68(58)42-48)49-30-37-59-55-20-12-16-24-65(55)77(7,8)69(59)43-49/h9-24,26-31,33-44,51H,25,32H2,1-8H3. The van der Waals surface area contributed by atoms with E-state index in [1.807, 2.05) is 11.3 Å². The molecule has 0 aliphatic heterocycles. The number of aryl methyl sites for hydroxylation is 1. The van der Waals surface area contributed by atoms with Crippen molar-refractivity contribution in [3.8, 4) is 44.5 Å². The zero-order valence-electron chi connectivity index (χ0n) is 46.9. The number of fused-ring (bicyclic) bond motifs is 17. The van der Waals surface area contributed by atoms with E-state index in [0.717, 1.165) is 46.5 Å². The smallest absolute Gasteiger partial charge is 0.154 e. The van der Waals surface area contributed by atoms with Gasteiger partial charge in [-0.05, 0) is 173 Å². The van der Waals surface area contributed by atoms with Crippen molar-refractivity contribution in [2.75, 3.05) is 4.90 Å². The van der Waals surface area contributed by atoms with E-state index in [1.54, 1.807) is 0 Å². The third kappa shape index (κ3) is 6.65. The molecule has 12 aromatic rings. The van der Waals surface area contributed by atoms with Gasteiger partial charge in [-0.1, -0.05) is 207 Å². The Balaban J connectivity index is 0.760. The zero-order valence-corrected chi connectivity index (χ0v) is 47.7. The molecule has 2 nitrogen and oxygen atoms in total. The van der Waals surface area contributed by atoms with E-state index in [4.69, 9.17) is 4.42 Å². The van der Waals surface area contributed by atoms with Crippen LogP contribution in [0.3, 0.4) is 0 Å². The Labute approximate surface area is 474 Å². The van der Waals surface area contributed by atoms with Crippen molar-refractivity contribution in [1.29, 1.82) is 0 Å². The van der Waals surface area contributed by atoms with Gasteiger partial charge in [-0.2, -0.15) is 0 Å². The molecular weight excluding hydrogens is 987 g/mol. The first kappa shape index (κ1) is 47.7. The van der Waals surface area contributed by atoms with Gasteiger partial charge in [-0.25, -0.2) is 0 Å². The van der Waals surface area contributed by atoms with E-state index in [2.05, 4.69) is 267 Å². The number of hydrogen-bond donors (Lipinski definition) is 0. The summed E-state index contributed by atoms with van der Waals surface area (Å²) in [5, 5.41) is 2.34. The highest BCUT2D eigenvalue weighted by atomic mass is 32.1. The summed E-state index contributed by atoms with van der Waals surface area (Å²) in [6, 6.07) is 78.9. The van der Waals surface area contributed by atoms with Crippen LogP contribution < -0.4 is 4.90 Å². The fourth-order valence-corrected chi connectivity index (χ4v) is 16.6. The SMILES string of the molecule is CC1(C)c2ccccc2-c2ccc(C(CCc3ccc4c(c3)oc3c5ccc(N(c6ccc7c(c6)C(C)(C)c6ccccc6-7)c6ccc7c(c6)C(C)(C)c6ccccc6-7)cc5sc43)c3ccc4c(c3)C(C)(C)c3ccccc3-4)cc21. The number of benzene rings is 10. The van der Waals surface area contributed by atoms with Crippen LogP contribution >= 0.6 is 11.3 Å². The highest BCUT2D eigenvalue weighted by Crippen LogP contribution is 2.56. The minimum atomic E-state index is -0.125. The summed E-state index contributed by atoms with van der Waals surface area (Å²) < 4.78 is 9.44. The summed E-state index contributed by atoms with van der Waals surface area (Å²) in [5.41, 5.74) is 31.1. The van der Waals surface area contributed by atoms with Crippen LogP contribution in [0, 0.1) is 0 Å². The third-order valence-electron chi connectivity index (χ3n) is 19.8. The van der Waals surface area contributed by atoms with Crippen LogP contribution in [0.2, 0.25) is 0 Å². The van der Waals surface area contributed by atoms with Crippen LogP contribution in [0.15, 0.2) is 211 Å². The van der Waals surface area contributed by atoms with Crippen molar-refractivity contribution in [3.63, 3.8) is 0 Å². The highest BCUT2D eigenvalue weighted by Gasteiger charge is 2.40. The van der Waals surface area contributed by atoms with Gasteiger partial charge in [0.15, 0.2) is 5.58 Å².